The van der Waals surface area contributed by atoms with E-state index in [0.29, 0.717) is 18.1 Å². The molecule has 0 aliphatic carbocycles. The van der Waals surface area contributed by atoms with Crippen LogP contribution in [-0.2, 0) is 11.3 Å². The van der Waals surface area contributed by atoms with Gasteiger partial charge in [0.15, 0.2) is 5.13 Å². The van der Waals surface area contributed by atoms with Crippen molar-refractivity contribution in [2.75, 3.05) is 12.8 Å². The number of ether oxygens (including phenoxy) is 1. The van der Waals surface area contributed by atoms with Crippen LogP contribution in [0, 0.1) is 13.8 Å². The second kappa shape index (κ2) is 5.61. The number of carbonyl (C=O) groups is 1. The number of nitrogens with zero attached hydrogens (tertiary/aromatic N) is 1. The first-order valence-corrected chi connectivity index (χ1v) is 7.98. The molecule has 0 radical (unpaired) electrons. The summed E-state index contributed by atoms with van der Waals surface area (Å²) < 4.78 is 5.38. The molecule has 0 fully saturated rings. The first-order valence-electron chi connectivity index (χ1n) is 7.16. The van der Waals surface area contributed by atoms with Crippen LogP contribution in [0.1, 0.15) is 39.6 Å². The SMILES string of the molecule is COc1cc(C)c(C2CC(=O)NCc3nc(N)sc32)cc1C. The van der Waals surface area contributed by atoms with Crippen molar-refractivity contribution < 1.29 is 9.53 Å². The number of aromatic nitrogens is 1. The average Bonchev–Trinajstić information content (AvgIpc) is 2.78. The van der Waals surface area contributed by atoms with E-state index in [1.165, 1.54) is 11.3 Å². The van der Waals surface area contributed by atoms with E-state index in [-0.39, 0.29) is 11.8 Å². The van der Waals surface area contributed by atoms with E-state index >= 15 is 0 Å². The van der Waals surface area contributed by atoms with E-state index in [4.69, 9.17) is 10.5 Å². The number of anilines is 1. The molecule has 1 atom stereocenters. The lowest BCUT2D eigenvalue weighted by Crippen LogP contribution is -2.21. The van der Waals surface area contributed by atoms with Crippen molar-refractivity contribution in [3.05, 3.63) is 39.4 Å². The molecule has 3 N–H and O–H groups in total. The lowest BCUT2D eigenvalue weighted by atomic mass is 9.89. The maximum atomic E-state index is 12.0. The number of nitrogens with one attached hydrogen (secondary N) is 1. The van der Waals surface area contributed by atoms with Crippen LogP contribution in [-0.4, -0.2) is 18.0 Å². The lowest BCUT2D eigenvalue weighted by molar-refractivity contribution is -0.121. The molecule has 22 heavy (non-hydrogen) atoms. The maximum absolute atomic E-state index is 12.0. The van der Waals surface area contributed by atoms with Crippen molar-refractivity contribution in [1.29, 1.82) is 0 Å². The monoisotopic (exact) mass is 317 g/mol. The maximum Gasteiger partial charge on any atom is 0.221 e. The zero-order valence-corrected chi connectivity index (χ0v) is 13.7. The van der Waals surface area contributed by atoms with E-state index in [0.717, 1.165) is 33.0 Å². The molecule has 0 saturated carbocycles. The number of nitrogens with two attached hydrogens (primary N) is 1. The van der Waals surface area contributed by atoms with E-state index in [2.05, 4.69) is 16.4 Å². The summed E-state index contributed by atoms with van der Waals surface area (Å²) in [6, 6.07) is 4.13. The standard InChI is InChI=1S/C16H19N3O2S/c1-8-5-13(21-3)9(2)4-10(8)11-6-14(20)18-7-12-15(11)22-16(17)19-12/h4-5,11H,6-7H2,1-3H3,(H2,17,19)(H,18,20). The molecule has 6 heteroatoms. The summed E-state index contributed by atoms with van der Waals surface area (Å²) in [6.07, 6.45) is 0.418. The summed E-state index contributed by atoms with van der Waals surface area (Å²) in [5.74, 6) is 0.905. The number of benzene rings is 1. The molecule has 1 aliphatic rings. The summed E-state index contributed by atoms with van der Waals surface area (Å²) in [6.45, 7) is 4.51. The third kappa shape index (κ3) is 2.54. The van der Waals surface area contributed by atoms with Gasteiger partial charge in [-0.1, -0.05) is 6.07 Å². The van der Waals surface area contributed by atoms with Gasteiger partial charge in [0.2, 0.25) is 5.91 Å². The van der Waals surface area contributed by atoms with Crippen LogP contribution in [0.15, 0.2) is 12.1 Å². The van der Waals surface area contributed by atoms with Crippen molar-refractivity contribution in [3.63, 3.8) is 0 Å². The van der Waals surface area contributed by atoms with E-state index in [1.54, 1.807) is 7.11 Å². The normalized spacial score (nSPS) is 17.6. The molecule has 0 bridgehead atoms. The van der Waals surface area contributed by atoms with Crippen molar-refractivity contribution in [2.45, 2.75) is 32.7 Å². The van der Waals surface area contributed by atoms with Gasteiger partial charge >= 0.3 is 0 Å². The third-order valence-corrected chi connectivity index (χ3v) is 5.10. The van der Waals surface area contributed by atoms with Gasteiger partial charge in [0, 0.05) is 17.2 Å². The zero-order valence-electron chi connectivity index (χ0n) is 12.9. The molecule has 0 saturated heterocycles. The van der Waals surface area contributed by atoms with Crippen molar-refractivity contribution in [1.82, 2.24) is 10.3 Å². The van der Waals surface area contributed by atoms with Gasteiger partial charge in [-0.2, -0.15) is 0 Å². The highest BCUT2D eigenvalue weighted by molar-refractivity contribution is 7.15. The summed E-state index contributed by atoms with van der Waals surface area (Å²) in [5, 5.41) is 3.45. The minimum absolute atomic E-state index is 0.00286. The van der Waals surface area contributed by atoms with Crippen molar-refractivity contribution in [3.8, 4) is 5.75 Å². The van der Waals surface area contributed by atoms with Gasteiger partial charge in [-0.15, -0.1) is 11.3 Å². The molecule has 1 aromatic heterocycles. The fourth-order valence-corrected chi connectivity index (χ4v) is 3.94. The number of methoxy groups -OCH3 is 1. The zero-order chi connectivity index (χ0) is 15.9. The lowest BCUT2D eigenvalue weighted by Gasteiger charge is -2.18. The summed E-state index contributed by atoms with van der Waals surface area (Å²) in [5.41, 5.74) is 10.1. The third-order valence-electron chi connectivity index (χ3n) is 4.06. The topological polar surface area (TPSA) is 77.2 Å². The minimum Gasteiger partial charge on any atom is -0.496 e. The predicted octanol–water partition coefficient (Wildman–Crippen LogP) is 2.50. The van der Waals surface area contributed by atoms with Crippen LogP contribution in [0.25, 0.3) is 0 Å². The number of carbonyl (C=O) groups excluding carboxylic acids is 1. The molecule has 116 valence electrons. The molecule has 0 spiro atoms. The second-order valence-electron chi connectivity index (χ2n) is 5.57. The van der Waals surface area contributed by atoms with Crippen LogP contribution in [0.4, 0.5) is 5.13 Å². The molecule has 3 rings (SSSR count). The molecular weight excluding hydrogens is 298 g/mol. The Hall–Kier alpha value is -2.08. The van der Waals surface area contributed by atoms with Crippen LogP contribution >= 0.6 is 11.3 Å². The van der Waals surface area contributed by atoms with Crippen LogP contribution in [0.5, 0.6) is 5.75 Å². The second-order valence-corrected chi connectivity index (χ2v) is 6.64. The van der Waals surface area contributed by atoms with Gasteiger partial charge in [0.05, 0.1) is 19.3 Å². The number of nitrogen functional groups attached to an aromatic ring is 1. The Labute approximate surface area is 133 Å². The van der Waals surface area contributed by atoms with Gasteiger partial charge < -0.3 is 15.8 Å². The number of hydrogen-bond acceptors (Lipinski definition) is 5. The van der Waals surface area contributed by atoms with Crippen LogP contribution in [0.2, 0.25) is 0 Å². The molecular formula is C16H19N3O2S. The number of amides is 1. The number of rotatable bonds is 2. The Kier molecular flexibility index (Phi) is 3.78. The molecule has 2 aromatic rings. The van der Waals surface area contributed by atoms with Gasteiger partial charge in [-0.3, -0.25) is 4.79 Å². The number of thiazole rings is 1. The summed E-state index contributed by atoms with van der Waals surface area (Å²) in [4.78, 5) is 17.5. The molecule has 5 nitrogen and oxygen atoms in total. The van der Waals surface area contributed by atoms with Gasteiger partial charge in [0.1, 0.15) is 5.75 Å². The smallest absolute Gasteiger partial charge is 0.221 e. The molecule has 2 heterocycles. The van der Waals surface area contributed by atoms with Crippen molar-refractivity contribution >= 4 is 22.4 Å². The Morgan fingerprint density at radius 3 is 2.86 bits per heavy atom. The largest absolute Gasteiger partial charge is 0.496 e. The molecule has 1 amide bonds. The first kappa shape index (κ1) is 14.8. The summed E-state index contributed by atoms with van der Waals surface area (Å²) >= 11 is 1.48. The Morgan fingerprint density at radius 2 is 2.14 bits per heavy atom. The Morgan fingerprint density at radius 1 is 1.36 bits per heavy atom. The average molecular weight is 317 g/mol. The summed E-state index contributed by atoms with van der Waals surface area (Å²) in [7, 11) is 1.67. The highest BCUT2D eigenvalue weighted by Gasteiger charge is 2.29. The van der Waals surface area contributed by atoms with E-state index in [1.807, 2.05) is 19.9 Å². The highest BCUT2D eigenvalue weighted by Crippen LogP contribution is 2.40. The Bertz CT molecular complexity index is 739. The van der Waals surface area contributed by atoms with E-state index < -0.39 is 0 Å². The number of aryl methyl sites for hydroxylation is 2. The fourth-order valence-electron chi connectivity index (χ4n) is 2.97. The predicted molar refractivity (Wildman–Crippen MR) is 87.3 cm³/mol. The highest BCUT2D eigenvalue weighted by atomic mass is 32.1. The van der Waals surface area contributed by atoms with Gasteiger partial charge in [0.25, 0.3) is 0 Å². The minimum atomic E-state index is -0.00286. The number of hydrogen-bond donors (Lipinski definition) is 2. The molecule has 1 aliphatic heterocycles. The van der Waals surface area contributed by atoms with E-state index in [9.17, 15) is 4.79 Å². The van der Waals surface area contributed by atoms with Gasteiger partial charge in [-0.05, 0) is 36.6 Å². The quantitative estimate of drug-likeness (QED) is 0.892. The number of fused-ring (bicyclic) bond motifs is 1. The van der Waals surface area contributed by atoms with Gasteiger partial charge in [-0.25, -0.2) is 4.98 Å². The van der Waals surface area contributed by atoms with Crippen molar-refractivity contribution in [2.24, 2.45) is 0 Å². The van der Waals surface area contributed by atoms with Crippen LogP contribution < -0.4 is 15.8 Å². The Balaban J connectivity index is 2.13. The molecule has 1 unspecified atom stereocenters. The first-order chi connectivity index (χ1) is 10.5. The fraction of sp³-hybridized carbons (Fsp3) is 0.375. The van der Waals surface area contributed by atoms with Crippen LogP contribution in [0.3, 0.4) is 0 Å². The molecule has 1 aromatic carbocycles.